The summed E-state index contributed by atoms with van der Waals surface area (Å²) in [7, 11) is -4.12. The fourth-order valence-electron chi connectivity index (χ4n) is 4.07. The quantitative estimate of drug-likeness (QED) is 0.317. The molecule has 40 heavy (non-hydrogen) atoms. The lowest BCUT2D eigenvalue weighted by Crippen LogP contribution is -2.52. The third-order valence-electron chi connectivity index (χ3n) is 6.69. The van der Waals surface area contributed by atoms with Gasteiger partial charge >= 0.3 is 0 Å². The summed E-state index contributed by atoms with van der Waals surface area (Å²) in [6.45, 7) is 9.39. The number of anilines is 1. The SMILES string of the molecule is CCOc1ccc(N(CC(=O)N(Cc2ccccc2)[C@H](C)C(=O)N[C@@H](C)CC)S(=O)(=O)c2ccc(C)cc2)cc1. The molecule has 2 atom stereocenters. The van der Waals surface area contributed by atoms with Crippen molar-refractivity contribution in [3.8, 4) is 5.75 Å². The Hall–Kier alpha value is -3.85. The Balaban J connectivity index is 2.01. The van der Waals surface area contributed by atoms with Crippen LogP contribution in [0.2, 0.25) is 0 Å². The first-order valence-electron chi connectivity index (χ1n) is 13.5. The third kappa shape index (κ3) is 7.85. The van der Waals surface area contributed by atoms with E-state index in [0.717, 1.165) is 21.9 Å². The van der Waals surface area contributed by atoms with Gasteiger partial charge in [-0.1, -0.05) is 55.0 Å². The number of carbonyl (C=O) groups is 2. The summed E-state index contributed by atoms with van der Waals surface area (Å²) in [6, 6.07) is 21.5. The standard InChI is InChI=1S/C31H39N3O5S/c1-6-24(4)32-31(36)25(5)33(21-26-11-9-8-10-12-26)30(35)22-34(27-15-17-28(18-16-27)39-7-2)40(37,38)29-19-13-23(3)14-20-29/h8-20,24-25H,6-7,21-22H2,1-5H3,(H,32,36)/t24-,25+/m0/s1. The molecule has 0 unspecified atom stereocenters. The largest absolute Gasteiger partial charge is 0.494 e. The molecular weight excluding hydrogens is 526 g/mol. The highest BCUT2D eigenvalue weighted by atomic mass is 32.2. The van der Waals surface area contributed by atoms with E-state index in [-0.39, 0.29) is 23.4 Å². The maximum Gasteiger partial charge on any atom is 0.264 e. The fourth-order valence-corrected chi connectivity index (χ4v) is 5.48. The summed E-state index contributed by atoms with van der Waals surface area (Å²) in [6.07, 6.45) is 0.741. The van der Waals surface area contributed by atoms with Crippen LogP contribution in [0.25, 0.3) is 0 Å². The van der Waals surface area contributed by atoms with E-state index in [2.05, 4.69) is 5.32 Å². The van der Waals surface area contributed by atoms with Crippen LogP contribution in [0, 0.1) is 6.92 Å². The summed E-state index contributed by atoms with van der Waals surface area (Å²) in [5, 5.41) is 2.94. The molecule has 0 aliphatic rings. The minimum absolute atomic E-state index is 0.0640. The molecule has 0 bridgehead atoms. The van der Waals surface area contributed by atoms with Crippen molar-refractivity contribution in [1.82, 2.24) is 10.2 Å². The molecule has 0 fully saturated rings. The highest BCUT2D eigenvalue weighted by Crippen LogP contribution is 2.27. The van der Waals surface area contributed by atoms with Gasteiger partial charge in [-0.3, -0.25) is 13.9 Å². The second-order valence-corrected chi connectivity index (χ2v) is 11.6. The number of nitrogens with one attached hydrogen (secondary N) is 1. The topological polar surface area (TPSA) is 96.0 Å². The number of amides is 2. The fraction of sp³-hybridized carbons (Fsp3) is 0.355. The van der Waals surface area contributed by atoms with Crippen LogP contribution in [0.5, 0.6) is 5.75 Å². The van der Waals surface area contributed by atoms with Crippen LogP contribution in [0.1, 0.15) is 45.2 Å². The van der Waals surface area contributed by atoms with Crippen molar-refractivity contribution in [3.05, 3.63) is 90.0 Å². The number of carbonyl (C=O) groups excluding carboxylic acids is 2. The minimum atomic E-state index is -4.12. The van der Waals surface area contributed by atoms with Crippen molar-refractivity contribution >= 4 is 27.5 Å². The van der Waals surface area contributed by atoms with Gasteiger partial charge in [0, 0.05) is 12.6 Å². The molecular formula is C31H39N3O5S. The van der Waals surface area contributed by atoms with Gasteiger partial charge in [0.2, 0.25) is 11.8 Å². The normalized spacial score (nSPS) is 12.7. The molecule has 3 rings (SSSR count). The Labute approximate surface area is 238 Å². The molecule has 0 radical (unpaired) electrons. The van der Waals surface area contributed by atoms with E-state index in [9.17, 15) is 18.0 Å². The number of ether oxygens (including phenoxy) is 1. The maximum atomic E-state index is 13.9. The number of nitrogens with zero attached hydrogens (tertiary/aromatic N) is 2. The lowest BCUT2D eigenvalue weighted by Gasteiger charge is -2.32. The Morgan fingerprint density at radius 3 is 2.10 bits per heavy atom. The van der Waals surface area contributed by atoms with Crippen LogP contribution in [-0.2, 0) is 26.2 Å². The molecule has 0 saturated carbocycles. The van der Waals surface area contributed by atoms with E-state index >= 15 is 0 Å². The van der Waals surface area contributed by atoms with Gasteiger partial charge in [-0.15, -0.1) is 0 Å². The van der Waals surface area contributed by atoms with Crippen molar-refractivity contribution in [2.24, 2.45) is 0 Å². The summed E-state index contributed by atoms with van der Waals surface area (Å²) in [5.74, 6) is -0.209. The Morgan fingerprint density at radius 1 is 0.900 bits per heavy atom. The van der Waals surface area contributed by atoms with Crippen molar-refractivity contribution in [3.63, 3.8) is 0 Å². The first kappa shape index (κ1) is 30.7. The first-order chi connectivity index (χ1) is 19.1. The third-order valence-corrected chi connectivity index (χ3v) is 8.48. The number of aryl methyl sites for hydroxylation is 1. The van der Waals surface area contributed by atoms with Gasteiger partial charge in [-0.05, 0) is 76.1 Å². The van der Waals surface area contributed by atoms with Gasteiger partial charge in [0.25, 0.3) is 10.0 Å². The van der Waals surface area contributed by atoms with E-state index in [0.29, 0.717) is 18.0 Å². The van der Waals surface area contributed by atoms with E-state index in [1.54, 1.807) is 43.3 Å². The van der Waals surface area contributed by atoms with Gasteiger partial charge in [-0.25, -0.2) is 8.42 Å². The van der Waals surface area contributed by atoms with E-state index in [1.807, 2.05) is 58.0 Å². The zero-order chi connectivity index (χ0) is 29.3. The summed E-state index contributed by atoms with van der Waals surface area (Å²) >= 11 is 0. The highest BCUT2D eigenvalue weighted by molar-refractivity contribution is 7.92. The molecule has 0 heterocycles. The molecule has 1 N–H and O–H groups in total. The van der Waals surface area contributed by atoms with Crippen LogP contribution in [-0.4, -0.2) is 50.4 Å². The average Bonchev–Trinajstić information content (AvgIpc) is 2.95. The number of hydrogen-bond acceptors (Lipinski definition) is 5. The molecule has 214 valence electrons. The number of rotatable bonds is 13. The summed E-state index contributed by atoms with van der Waals surface area (Å²) in [5.41, 5.74) is 2.06. The van der Waals surface area contributed by atoms with Crippen LogP contribution < -0.4 is 14.4 Å². The predicted molar refractivity (Wildman–Crippen MR) is 158 cm³/mol. The molecule has 2 amide bonds. The average molecular weight is 566 g/mol. The van der Waals surface area contributed by atoms with Crippen LogP contribution in [0.3, 0.4) is 0 Å². The highest BCUT2D eigenvalue weighted by Gasteiger charge is 2.32. The van der Waals surface area contributed by atoms with Crippen molar-refractivity contribution in [1.29, 1.82) is 0 Å². The molecule has 8 nitrogen and oxygen atoms in total. The van der Waals surface area contributed by atoms with E-state index in [4.69, 9.17) is 4.74 Å². The Bertz CT molecular complexity index is 1360. The van der Waals surface area contributed by atoms with Gasteiger partial charge in [0.05, 0.1) is 17.2 Å². The van der Waals surface area contributed by atoms with Gasteiger partial charge < -0.3 is 15.0 Å². The molecule has 0 spiro atoms. The second kappa shape index (κ2) is 14.0. The zero-order valence-electron chi connectivity index (χ0n) is 23.8. The summed E-state index contributed by atoms with van der Waals surface area (Å²) in [4.78, 5) is 28.5. The number of hydrogen-bond donors (Lipinski definition) is 1. The smallest absolute Gasteiger partial charge is 0.264 e. The van der Waals surface area contributed by atoms with Crippen molar-refractivity contribution in [2.45, 2.75) is 64.6 Å². The molecule has 0 aliphatic carbocycles. The van der Waals surface area contributed by atoms with Gasteiger partial charge in [0.1, 0.15) is 18.3 Å². The van der Waals surface area contributed by atoms with Crippen LogP contribution in [0.15, 0.2) is 83.8 Å². The predicted octanol–water partition coefficient (Wildman–Crippen LogP) is 4.92. The Kier molecular flexibility index (Phi) is 10.7. The van der Waals surface area contributed by atoms with Gasteiger partial charge in [-0.2, -0.15) is 0 Å². The molecule has 0 aromatic heterocycles. The molecule has 3 aromatic carbocycles. The molecule has 9 heteroatoms. The van der Waals surface area contributed by atoms with Crippen LogP contribution in [0.4, 0.5) is 5.69 Å². The zero-order valence-corrected chi connectivity index (χ0v) is 24.6. The monoisotopic (exact) mass is 565 g/mol. The number of sulfonamides is 1. The minimum Gasteiger partial charge on any atom is -0.494 e. The molecule has 0 saturated heterocycles. The van der Waals surface area contributed by atoms with Crippen molar-refractivity contribution < 1.29 is 22.7 Å². The van der Waals surface area contributed by atoms with E-state index in [1.165, 1.54) is 17.0 Å². The molecule has 0 aliphatic heterocycles. The summed E-state index contributed by atoms with van der Waals surface area (Å²) < 4.78 is 34.4. The number of benzene rings is 3. The maximum absolute atomic E-state index is 13.9. The van der Waals surface area contributed by atoms with E-state index < -0.39 is 28.5 Å². The lowest BCUT2D eigenvalue weighted by molar-refractivity contribution is -0.139. The Morgan fingerprint density at radius 2 is 1.52 bits per heavy atom. The second-order valence-electron chi connectivity index (χ2n) is 9.75. The van der Waals surface area contributed by atoms with Crippen molar-refractivity contribution in [2.75, 3.05) is 17.5 Å². The molecule has 3 aromatic rings. The van der Waals surface area contributed by atoms with Gasteiger partial charge in [0.15, 0.2) is 0 Å². The van der Waals surface area contributed by atoms with Crippen LogP contribution >= 0.6 is 0 Å². The lowest BCUT2D eigenvalue weighted by atomic mass is 10.1. The first-order valence-corrected chi connectivity index (χ1v) is 15.0.